The van der Waals surface area contributed by atoms with Gasteiger partial charge in [-0.15, -0.1) is 0 Å². The Hall–Kier alpha value is -2.39. The number of methoxy groups -OCH3 is 1. The van der Waals surface area contributed by atoms with Gasteiger partial charge in [-0.05, 0) is 38.1 Å². The molecule has 0 amide bonds. The lowest BCUT2D eigenvalue weighted by Gasteiger charge is -2.12. The Morgan fingerprint density at radius 2 is 1.96 bits per heavy atom. The van der Waals surface area contributed by atoms with Gasteiger partial charge in [0, 0.05) is 24.8 Å². The number of halogens is 1. The summed E-state index contributed by atoms with van der Waals surface area (Å²) in [6, 6.07) is 6.44. The van der Waals surface area contributed by atoms with Crippen molar-refractivity contribution in [3.8, 4) is 11.5 Å². The van der Waals surface area contributed by atoms with E-state index >= 15 is 0 Å². The Morgan fingerprint density at radius 3 is 2.54 bits per heavy atom. The second kappa shape index (κ2) is 8.33. The SMILES string of the molecule is CCOc1ccc(S(=O)(=O)NCCn2c(C)cc(OC)cc2=O)cc1F. The molecular formula is C17H21FN2O5S. The number of pyridine rings is 1. The molecule has 1 aromatic carbocycles. The maximum Gasteiger partial charge on any atom is 0.254 e. The minimum absolute atomic E-state index is 0.00754. The molecule has 2 aromatic rings. The highest BCUT2D eigenvalue weighted by molar-refractivity contribution is 7.89. The lowest BCUT2D eigenvalue weighted by molar-refractivity contribution is 0.321. The van der Waals surface area contributed by atoms with Gasteiger partial charge in [0.25, 0.3) is 5.56 Å². The molecule has 1 N–H and O–H groups in total. The summed E-state index contributed by atoms with van der Waals surface area (Å²) in [5, 5.41) is 0. The zero-order chi connectivity index (χ0) is 19.3. The summed E-state index contributed by atoms with van der Waals surface area (Å²) >= 11 is 0. The fourth-order valence-corrected chi connectivity index (χ4v) is 3.43. The molecular weight excluding hydrogens is 363 g/mol. The van der Waals surface area contributed by atoms with E-state index < -0.39 is 15.8 Å². The fraction of sp³-hybridized carbons (Fsp3) is 0.353. The molecule has 9 heteroatoms. The first-order valence-electron chi connectivity index (χ1n) is 7.96. The van der Waals surface area contributed by atoms with Crippen molar-refractivity contribution in [1.82, 2.24) is 9.29 Å². The molecule has 142 valence electrons. The largest absolute Gasteiger partial charge is 0.496 e. The van der Waals surface area contributed by atoms with Gasteiger partial charge in [-0.1, -0.05) is 0 Å². The van der Waals surface area contributed by atoms with Crippen molar-refractivity contribution in [2.24, 2.45) is 0 Å². The Labute approximate surface area is 151 Å². The number of nitrogens with one attached hydrogen (secondary N) is 1. The van der Waals surface area contributed by atoms with Crippen LogP contribution in [-0.4, -0.2) is 33.2 Å². The molecule has 0 saturated heterocycles. The zero-order valence-corrected chi connectivity index (χ0v) is 15.6. The van der Waals surface area contributed by atoms with E-state index in [0.29, 0.717) is 11.4 Å². The van der Waals surface area contributed by atoms with Crippen LogP contribution in [0.25, 0.3) is 0 Å². The summed E-state index contributed by atoms with van der Waals surface area (Å²) in [7, 11) is -2.45. The summed E-state index contributed by atoms with van der Waals surface area (Å²) in [6.07, 6.45) is 0. The van der Waals surface area contributed by atoms with Crippen LogP contribution in [0.1, 0.15) is 12.6 Å². The lowest BCUT2D eigenvalue weighted by atomic mass is 10.3. The van der Waals surface area contributed by atoms with Gasteiger partial charge in [-0.2, -0.15) is 0 Å². The van der Waals surface area contributed by atoms with E-state index in [0.717, 1.165) is 6.07 Å². The Balaban J connectivity index is 2.10. The number of benzene rings is 1. The van der Waals surface area contributed by atoms with Crippen molar-refractivity contribution >= 4 is 10.0 Å². The highest BCUT2D eigenvalue weighted by Crippen LogP contribution is 2.21. The normalized spacial score (nSPS) is 11.4. The number of rotatable bonds is 8. The molecule has 0 bridgehead atoms. The molecule has 1 heterocycles. The van der Waals surface area contributed by atoms with Gasteiger partial charge in [0.15, 0.2) is 11.6 Å². The lowest BCUT2D eigenvalue weighted by Crippen LogP contribution is -2.31. The van der Waals surface area contributed by atoms with E-state index in [1.54, 1.807) is 19.9 Å². The number of nitrogens with zero attached hydrogens (tertiary/aromatic N) is 1. The minimum atomic E-state index is -3.91. The van der Waals surface area contributed by atoms with Crippen LogP contribution in [0.3, 0.4) is 0 Å². The molecule has 0 atom stereocenters. The maximum absolute atomic E-state index is 13.9. The van der Waals surface area contributed by atoms with E-state index in [4.69, 9.17) is 9.47 Å². The third-order valence-electron chi connectivity index (χ3n) is 3.69. The summed E-state index contributed by atoms with van der Waals surface area (Å²) in [6.45, 7) is 3.81. The van der Waals surface area contributed by atoms with Gasteiger partial charge >= 0.3 is 0 Å². The molecule has 0 spiro atoms. The number of hydrogen-bond acceptors (Lipinski definition) is 5. The number of sulfonamides is 1. The molecule has 0 aliphatic carbocycles. The first-order valence-corrected chi connectivity index (χ1v) is 9.44. The average Bonchev–Trinajstić information content (AvgIpc) is 2.58. The Bertz CT molecular complexity index is 941. The van der Waals surface area contributed by atoms with E-state index in [1.807, 2.05) is 0 Å². The standard InChI is InChI=1S/C17H21FN2O5S/c1-4-25-16-6-5-14(11-15(16)18)26(22,23)19-7-8-20-12(2)9-13(24-3)10-17(20)21/h5-6,9-11,19H,4,7-8H2,1-3H3. The number of aromatic nitrogens is 1. The van der Waals surface area contributed by atoms with E-state index in [-0.39, 0.29) is 35.9 Å². The van der Waals surface area contributed by atoms with Crippen molar-refractivity contribution in [3.05, 3.63) is 52.2 Å². The quantitative estimate of drug-likeness (QED) is 0.748. The molecule has 2 rings (SSSR count). The summed E-state index contributed by atoms with van der Waals surface area (Å²) < 4.78 is 52.3. The van der Waals surface area contributed by atoms with Crippen LogP contribution >= 0.6 is 0 Å². The van der Waals surface area contributed by atoms with Gasteiger partial charge in [0.1, 0.15) is 5.75 Å². The van der Waals surface area contributed by atoms with Crippen LogP contribution in [0.4, 0.5) is 4.39 Å². The molecule has 0 radical (unpaired) electrons. The fourth-order valence-electron chi connectivity index (χ4n) is 2.40. The molecule has 0 fully saturated rings. The van der Waals surface area contributed by atoms with E-state index in [1.165, 1.54) is 29.9 Å². The van der Waals surface area contributed by atoms with Crippen molar-refractivity contribution in [2.75, 3.05) is 20.3 Å². The molecule has 26 heavy (non-hydrogen) atoms. The second-order valence-electron chi connectivity index (χ2n) is 5.45. The summed E-state index contributed by atoms with van der Waals surface area (Å²) in [5.41, 5.74) is 0.341. The monoisotopic (exact) mass is 384 g/mol. The zero-order valence-electron chi connectivity index (χ0n) is 14.8. The third kappa shape index (κ3) is 4.61. The van der Waals surface area contributed by atoms with Crippen LogP contribution < -0.4 is 19.8 Å². The number of hydrogen-bond donors (Lipinski definition) is 1. The number of ether oxygens (including phenoxy) is 2. The van der Waals surface area contributed by atoms with Gasteiger partial charge in [-0.3, -0.25) is 4.79 Å². The third-order valence-corrected chi connectivity index (χ3v) is 5.14. The minimum Gasteiger partial charge on any atom is -0.496 e. The van der Waals surface area contributed by atoms with Crippen LogP contribution in [0, 0.1) is 12.7 Å². The van der Waals surface area contributed by atoms with Gasteiger partial charge < -0.3 is 14.0 Å². The molecule has 0 unspecified atom stereocenters. The van der Waals surface area contributed by atoms with Crippen molar-refractivity contribution in [2.45, 2.75) is 25.3 Å². The van der Waals surface area contributed by atoms with E-state index in [9.17, 15) is 17.6 Å². The first kappa shape index (κ1) is 19.9. The van der Waals surface area contributed by atoms with Crippen LogP contribution in [-0.2, 0) is 16.6 Å². The molecule has 0 aliphatic heterocycles. The first-order chi connectivity index (χ1) is 12.3. The van der Waals surface area contributed by atoms with Crippen molar-refractivity contribution < 1.29 is 22.3 Å². The highest BCUT2D eigenvalue weighted by atomic mass is 32.2. The van der Waals surface area contributed by atoms with Gasteiger partial charge in [-0.25, -0.2) is 17.5 Å². The predicted molar refractivity (Wildman–Crippen MR) is 94.7 cm³/mol. The molecule has 0 aliphatic rings. The van der Waals surface area contributed by atoms with Crippen molar-refractivity contribution in [1.29, 1.82) is 0 Å². The Kier molecular flexibility index (Phi) is 6.38. The maximum atomic E-state index is 13.9. The van der Waals surface area contributed by atoms with Gasteiger partial charge in [0.05, 0.1) is 18.6 Å². The van der Waals surface area contributed by atoms with Crippen LogP contribution in [0.5, 0.6) is 11.5 Å². The summed E-state index contributed by atoms with van der Waals surface area (Å²) in [4.78, 5) is 11.8. The smallest absolute Gasteiger partial charge is 0.254 e. The van der Waals surface area contributed by atoms with Crippen molar-refractivity contribution in [3.63, 3.8) is 0 Å². The highest BCUT2D eigenvalue weighted by Gasteiger charge is 2.16. The number of aryl methyl sites for hydroxylation is 1. The molecule has 0 saturated carbocycles. The summed E-state index contributed by atoms with van der Waals surface area (Å²) in [5.74, 6) is -0.321. The van der Waals surface area contributed by atoms with Gasteiger partial charge in [0.2, 0.25) is 10.0 Å². The predicted octanol–water partition coefficient (Wildman–Crippen LogP) is 1.68. The van der Waals surface area contributed by atoms with Crippen LogP contribution in [0.2, 0.25) is 0 Å². The van der Waals surface area contributed by atoms with E-state index in [2.05, 4.69) is 4.72 Å². The van der Waals surface area contributed by atoms with Crippen LogP contribution in [0.15, 0.2) is 40.0 Å². The molecule has 7 nitrogen and oxygen atoms in total. The second-order valence-corrected chi connectivity index (χ2v) is 7.22. The topological polar surface area (TPSA) is 86.6 Å². The average molecular weight is 384 g/mol. The Morgan fingerprint density at radius 1 is 1.23 bits per heavy atom. The molecule has 1 aromatic heterocycles.